The molecule has 1 aromatic rings. The molecule has 0 atom stereocenters. The van der Waals surface area contributed by atoms with Crippen LogP contribution >= 0.6 is 0 Å². The molecule has 0 aliphatic carbocycles. The number of amides is 2. The lowest BCUT2D eigenvalue weighted by atomic mass is 10.2. The fraction of sp³-hybridized carbons (Fsp3) is 0.556. The van der Waals surface area contributed by atoms with E-state index in [1.807, 2.05) is 6.92 Å². The molecule has 138 valence electrons. The summed E-state index contributed by atoms with van der Waals surface area (Å²) < 4.78 is 15.9. The predicted molar refractivity (Wildman–Crippen MR) is 93.6 cm³/mol. The summed E-state index contributed by atoms with van der Waals surface area (Å²) in [5.74, 6) is -0.431. The summed E-state index contributed by atoms with van der Waals surface area (Å²) in [5, 5.41) is 2.76. The van der Waals surface area contributed by atoms with E-state index in [0.717, 1.165) is 12.8 Å². The minimum atomic E-state index is -0.431. The average Bonchev–Trinajstić information content (AvgIpc) is 3.13. The number of hydrogen-bond acceptors (Lipinski definition) is 5. The molecule has 1 N–H and O–H groups in total. The van der Waals surface area contributed by atoms with Crippen LogP contribution in [0.15, 0.2) is 24.3 Å². The Morgan fingerprint density at radius 3 is 2.72 bits per heavy atom. The minimum Gasteiger partial charge on any atom is -0.462 e. The van der Waals surface area contributed by atoms with Crippen molar-refractivity contribution in [3.05, 3.63) is 29.8 Å². The molecule has 0 unspecified atom stereocenters. The van der Waals surface area contributed by atoms with Crippen molar-refractivity contribution < 1.29 is 23.8 Å². The Bertz CT molecular complexity index is 572. The largest absolute Gasteiger partial charge is 0.462 e. The van der Waals surface area contributed by atoms with Crippen LogP contribution in [-0.2, 0) is 14.2 Å². The Hall–Kier alpha value is -2.12. The van der Waals surface area contributed by atoms with Crippen LogP contribution in [-0.4, -0.2) is 56.6 Å². The third-order valence-electron chi connectivity index (χ3n) is 3.86. The zero-order valence-electron chi connectivity index (χ0n) is 14.8. The molecule has 1 saturated heterocycles. The molecule has 7 nitrogen and oxygen atoms in total. The van der Waals surface area contributed by atoms with Gasteiger partial charge in [-0.2, -0.15) is 0 Å². The first kappa shape index (κ1) is 19.2. The molecule has 1 aliphatic heterocycles. The number of para-hydroxylation sites is 1. The zero-order valence-corrected chi connectivity index (χ0v) is 14.8. The fourth-order valence-corrected chi connectivity index (χ4v) is 2.34. The van der Waals surface area contributed by atoms with Crippen molar-refractivity contribution in [1.82, 2.24) is 4.90 Å². The summed E-state index contributed by atoms with van der Waals surface area (Å²) in [6.07, 6.45) is 2.11. The normalized spacial score (nSPS) is 14.3. The molecule has 2 rings (SSSR count). The van der Waals surface area contributed by atoms with Gasteiger partial charge in [-0.05, 0) is 18.6 Å². The molecule has 1 heterocycles. The quantitative estimate of drug-likeness (QED) is 0.576. The lowest BCUT2D eigenvalue weighted by Crippen LogP contribution is -2.34. The standard InChI is InChI=1S/C18H26N2O5/c1-3-4-11-25-17(21)14-7-5-6-8-15(14)19-18(22)20(2)10-9-16-23-12-13-24-16/h5-8,16H,3-4,9-13H2,1-2H3,(H,19,22). The Labute approximate surface area is 148 Å². The van der Waals surface area contributed by atoms with Crippen LogP contribution < -0.4 is 5.32 Å². The van der Waals surface area contributed by atoms with Gasteiger partial charge >= 0.3 is 12.0 Å². The first-order valence-electron chi connectivity index (χ1n) is 8.63. The van der Waals surface area contributed by atoms with Gasteiger partial charge in [-0.3, -0.25) is 0 Å². The van der Waals surface area contributed by atoms with Crippen LogP contribution in [0, 0.1) is 0 Å². The van der Waals surface area contributed by atoms with Crippen molar-refractivity contribution in [2.45, 2.75) is 32.5 Å². The first-order chi connectivity index (χ1) is 12.1. The smallest absolute Gasteiger partial charge is 0.340 e. The number of benzene rings is 1. The topological polar surface area (TPSA) is 77.1 Å². The number of nitrogens with one attached hydrogen (secondary N) is 1. The van der Waals surface area contributed by atoms with Gasteiger partial charge in [-0.1, -0.05) is 25.5 Å². The minimum absolute atomic E-state index is 0.254. The summed E-state index contributed by atoms with van der Waals surface area (Å²) in [6, 6.07) is 6.53. The average molecular weight is 350 g/mol. The molecule has 0 radical (unpaired) electrons. The number of urea groups is 1. The van der Waals surface area contributed by atoms with E-state index < -0.39 is 5.97 Å². The van der Waals surface area contributed by atoms with Gasteiger partial charge in [0.05, 0.1) is 31.1 Å². The van der Waals surface area contributed by atoms with Gasteiger partial charge in [0, 0.05) is 20.0 Å². The van der Waals surface area contributed by atoms with Crippen molar-refractivity contribution in [3.8, 4) is 0 Å². The van der Waals surface area contributed by atoms with Crippen molar-refractivity contribution >= 4 is 17.7 Å². The molecule has 0 spiro atoms. The van der Waals surface area contributed by atoms with Gasteiger partial charge < -0.3 is 24.4 Å². The highest BCUT2D eigenvalue weighted by Crippen LogP contribution is 2.17. The van der Waals surface area contributed by atoms with Gasteiger partial charge in [0.15, 0.2) is 6.29 Å². The number of nitrogens with zero attached hydrogens (tertiary/aromatic N) is 1. The van der Waals surface area contributed by atoms with E-state index >= 15 is 0 Å². The Kier molecular flexibility index (Phi) is 7.69. The molecule has 0 bridgehead atoms. The van der Waals surface area contributed by atoms with Crippen molar-refractivity contribution in [2.75, 3.05) is 38.7 Å². The molecule has 1 aromatic carbocycles. The highest BCUT2D eigenvalue weighted by Gasteiger charge is 2.19. The Morgan fingerprint density at radius 1 is 1.28 bits per heavy atom. The molecular weight excluding hydrogens is 324 g/mol. The summed E-state index contributed by atoms with van der Waals surface area (Å²) in [6.45, 7) is 4.07. The number of carbonyl (C=O) groups is 2. The molecule has 2 amide bonds. The maximum atomic E-state index is 12.3. The van der Waals surface area contributed by atoms with E-state index in [-0.39, 0.29) is 12.3 Å². The summed E-state index contributed by atoms with van der Waals surface area (Å²) in [7, 11) is 1.69. The fourth-order valence-electron chi connectivity index (χ4n) is 2.34. The highest BCUT2D eigenvalue weighted by atomic mass is 16.7. The van der Waals surface area contributed by atoms with E-state index in [9.17, 15) is 9.59 Å². The van der Waals surface area contributed by atoms with E-state index in [0.29, 0.717) is 44.0 Å². The first-order valence-corrected chi connectivity index (χ1v) is 8.63. The molecule has 0 aromatic heterocycles. The monoisotopic (exact) mass is 350 g/mol. The Balaban J connectivity index is 1.89. The van der Waals surface area contributed by atoms with Gasteiger partial charge in [-0.25, -0.2) is 9.59 Å². The second kappa shape index (κ2) is 10.0. The van der Waals surface area contributed by atoms with Gasteiger partial charge in [0.1, 0.15) is 0 Å². The van der Waals surface area contributed by atoms with Crippen LogP contribution in [0.4, 0.5) is 10.5 Å². The van der Waals surface area contributed by atoms with E-state index in [1.165, 1.54) is 4.90 Å². The third kappa shape index (κ3) is 6.03. The van der Waals surface area contributed by atoms with Crippen LogP contribution in [0.1, 0.15) is 36.5 Å². The van der Waals surface area contributed by atoms with Crippen LogP contribution in [0.2, 0.25) is 0 Å². The number of ether oxygens (including phenoxy) is 3. The van der Waals surface area contributed by atoms with Crippen molar-refractivity contribution in [2.24, 2.45) is 0 Å². The predicted octanol–water partition coefficient (Wildman–Crippen LogP) is 2.87. The molecule has 25 heavy (non-hydrogen) atoms. The lowest BCUT2D eigenvalue weighted by Gasteiger charge is -2.20. The molecule has 1 fully saturated rings. The highest BCUT2D eigenvalue weighted by molar-refractivity contribution is 6.00. The van der Waals surface area contributed by atoms with Crippen LogP contribution in [0.25, 0.3) is 0 Å². The number of unbranched alkanes of at least 4 members (excludes halogenated alkanes) is 1. The molecule has 0 saturated carbocycles. The number of esters is 1. The molecule has 1 aliphatic rings. The number of carbonyl (C=O) groups excluding carboxylic acids is 2. The molecule has 7 heteroatoms. The Morgan fingerprint density at radius 2 is 2.00 bits per heavy atom. The van der Waals surface area contributed by atoms with Crippen LogP contribution in [0.5, 0.6) is 0 Å². The maximum Gasteiger partial charge on any atom is 0.340 e. The second-order valence-electron chi connectivity index (χ2n) is 5.85. The third-order valence-corrected chi connectivity index (χ3v) is 3.86. The van der Waals surface area contributed by atoms with Crippen molar-refractivity contribution in [1.29, 1.82) is 0 Å². The second-order valence-corrected chi connectivity index (χ2v) is 5.85. The summed E-state index contributed by atoms with van der Waals surface area (Å²) in [5.41, 5.74) is 0.789. The van der Waals surface area contributed by atoms with Crippen molar-refractivity contribution in [3.63, 3.8) is 0 Å². The van der Waals surface area contributed by atoms with E-state index in [1.54, 1.807) is 31.3 Å². The van der Waals surface area contributed by atoms with Gasteiger partial charge in [0.25, 0.3) is 0 Å². The van der Waals surface area contributed by atoms with E-state index in [4.69, 9.17) is 14.2 Å². The maximum absolute atomic E-state index is 12.3. The summed E-state index contributed by atoms with van der Waals surface area (Å²) >= 11 is 0. The lowest BCUT2D eigenvalue weighted by molar-refractivity contribution is -0.0488. The van der Waals surface area contributed by atoms with Gasteiger partial charge in [-0.15, -0.1) is 0 Å². The zero-order chi connectivity index (χ0) is 18.1. The molecular formula is C18H26N2O5. The summed E-state index contributed by atoms with van der Waals surface area (Å²) in [4.78, 5) is 26.0. The van der Waals surface area contributed by atoms with Crippen LogP contribution in [0.3, 0.4) is 0 Å². The SMILES string of the molecule is CCCCOC(=O)c1ccccc1NC(=O)N(C)CCC1OCCO1. The number of rotatable bonds is 8. The number of hydrogen-bond donors (Lipinski definition) is 1. The number of anilines is 1. The van der Waals surface area contributed by atoms with E-state index in [2.05, 4.69) is 5.32 Å². The van der Waals surface area contributed by atoms with Gasteiger partial charge in [0.2, 0.25) is 0 Å².